The predicted molar refractivity (Wildman–Crippen MR) is 101 cm³/mol. The largest absolute Gasteiger partial charge is 0.496 e. The van der Waals surface area contributed by atoms with Crippen molar-refractivity contribution in [3.05, 3.63) is 42.0 Å². The van der Waals surface area contributed by atoms with Gasteiger partial charge in [0, 0.05) is 31.9 Å². The lowest BCUT2D eigenvalue weighted by atomic mass is 10.1. The smallest absolute Gasteiger partial charge is 0.259 e. The minimum atomic E-state index is -3.61. The number of rotatable bonds is 7. The topological polar surface area (TPSA) is 94.2 Å². The molecule has 0 aliphatic rings. The number of carbonyl (C=O) groups is 1. The number of hydrogen-bond donors (Lipinski definition) is 1. The highest BCUT2D eigenvalue weighted by Crippen LogP contribution is 2.35. The minimum absolute atomic E-state index is 0.0737. The highest BCUT2D eigenvalue weighted by atomic mass is 32.2. The van der Waals surface area contributed by atoms with E-state index in [-0.39, 0.29) is 10.5 Å². The molecule has 9 heteroatoms. The van der Waals surface area contributed by atoms with Crippen LogP contribution in [0.1, 0.15) is 10.4 Å². The third-order valence-electron chi connectivity index (χ3n) is 3.82. The molecule has 0 spiro atoms. The Balaban J connectivity index is 2.38. The van der Waals surface area contributed by atoms with E-state index >= 15 is 0 Å². The van der Waals surface area contributed by atoms with Gasteiger partial charge in [-0.05, 0) is 18.2 Å². The van der Waals surface area contributed by atoms with Crippen molar-refractivity contribution in [2.45, 2.75) is 4.90 Å². The van der Waals surface area contributed by atoms with Crippen LogP contribution < -0.4 is 19.5 Å². The molecule has 1 N–H and O–H groups in total. The summed E-state index contributed by atoms with van der Waals surface area (Å²) in [6.07, 6.45) is 0. The van der Waals surface area contributed by atoms with E-state index < -0.39 is 15.9 Å². The Labute approximate surface area is 158 Å². The van der Waals surface area contributed by atoms with Crippen LogP contribution in [0, 0.1) is 0 Å². The molecule has 0 saturated carbocycles. The van der Waals surface area contributed by atoms with Gasteiger partial charge in [-0.2, -0.15) is 0 Å². The van der Waals surface area contributed by atoms with Gasteiger partial charge in [0.05, 0.1) is 31.8 Å². The molecule has 2 aromatic rings. The van der Waals surface area contributed by atoms with E-state index in [9.17, 15) is 13.2 Å². The number of nitrogens with zero attached hydrogens (tertiary/aromatic N) is 1. The quantitative estimate of drug-likeness (QED) is 0.774. The van der Waals surface area contributed by atoms with Crippen LogP contribution in [0.5, 0.6) is 17.2 Å². The lowest BCUT2D eigenvalue weighted by Gasteiger charge is -2.15. The van der Waals surface area contributed by atoms with Crippen LogP contribution in [0.4, 0.5) is 5.69 Å². The van der Waals surface area contributed by atoms with E-state index in [1.165, 1.54) is 53.6 Å². The Kier molecular flexibility index (Phi) is 6.29. The monoisotopic (exact) mass is 394 g/mol. The van der Waals surface area contributed by atoms with E-state index in [0.717, 1.165) is 4.31 Å². The first-order chi connectivity index (χ1) is 12.7. The van der Waals surface area contributed by atoms with Crippen molar-refractivity contribution < 1.29 is 27.4 Å². The first-order valence-electron chi connectivity index (χ1n) is 7.88. The number of nitrogens with one attached hydrogen (secondary N) is 1. The van der Waals surface area contributed by atoms with E-state index in [1.54, 1.807) is 18.2 Å². The zero-order chi connectivity index (χ0) is 20.2. The van der Waals surface area contributed by atoms with E-state index in [1.807, 2.05) is 0 Å². The van der Waals surface area contributed by atoms with Gasteiger partial charge in [-0.15, -0.1) is 0 Å². The zero-order valence-corrected chi connectivity index (χ0v) is 16.6. The van der Waals surface area contributed by atoms with Crippen LogP contribution in [0.25, 0.3) is 0 Å². The van der Waals surface area contributed by atoms with Crippen molar-refractivity contribution >= 4 is 21.6 Å². The number of sulfonamides is 1. The van der Waals surface area contributed by atoms with Crippen molar-refractivity contribution in [1.82, 2.24) is 4.31 Å². The van der Waals surface area contributed by atoms with E-state index in [0.29, 0.717) is 22.9 Å². The molecule has 0 aromatic heterocycles. The van der Waals surface area contributed by atoms with Crippen LogP contribution in [-0.4, -0.2) is 54.1 Å². The molecule has 146 valence electrons. The Morgan fingerprint density at radius 2 is 1.52 bits per heavy atom. The fraction of sp³-hybridized carbons (Fsp3) is 0.278. The summed E-state index contributed by atoms with van der Waals surface area (Å²) in [4.78, 5) is 12.8. The first-order valence-corrected chi connectivity index (χ1v) is 9.32. The van der Waals surface area contributed by atoms with Gasteiger partial charge in [-0.3, -0.25) is 4.79 Å². The maximum Gasteiger partial charge on any atom is 0.259 e. The van der Waals surface area contributed by atoms with Gasteiger partial charge < -0.3 is 19.5 Å². The summed E-state index contributed by atoms with van der Waals surface area (Å²) in [7, 11) is 3.64. The Morgan fingerprint density at radius 3 is 2.07 bits per heavy atom. The summed E-state index contributed by atoms with van der Waals surface area (Å²) in [5.41, 5.74) is 0.552. The third kappa shape index (κ3) is 4.32. The second-order valence-corrected chi connectivity index (χ2v) is 7.83. The molecule has 8 nitrogen and oxygen atoms in total. The van der Waals surface area contributed by atoms with Gasteiger partial charge in [0.15, 0.2) is 11.5 Å². The molecule has 0 fully saturated rings. The summed E-state index contributed by atoms with van der Waals surface area (Å²) in [5, 5.41) is 2.67. The molecule has 0 radical (unpaired) electrons. The van der Waals surface area contributed by atoms with Gasteiger partial charge in [-0.1, -0.05) is 6.07 Å². The predicted octanol–water partition coefficient (Wildman–Crippen LogP) is 2.21. The maximum atomic E-state index is 12.7. The van der Waals surface area contributed by atoms with Gasteiger partial charge in [-0.25, -0.2) is 12.7 Å². The van der Waals surface area contributed by atoms with Gasteiger partial charge in [0.25, 0.3) is 5.91 Å². The van der Waals surface area contributed by atoms with Crippen molar-refractivity contribution in [3.8, 4) is 17.2 Å². The van der Waals surface area contributed by atoms with Gasteiger partial charge >= 0.3 is 0 Å². The maximum absolute atomic E-state index is 12.7. The second-order valence-electron chi connectivity index (χ2n) is 5.68. The Bertz CT molecular complexity index is 941. The fourth-order valence-electron chi connectivity index (χ4n) is 2.35. The van der Waals surface area contributed by atoms with Crippen LogP contribution in [0.3, 0.4) is 0 Å². The first kappa shape index (κ1) is 20.5. The fourth-order valence-corrected chi connectivity index (χ4v) is 3.30. The SMILES string of the molecule is COc1cc(OC)c(C(=O)Nc2cccc(S(=O)(=O)N(C)C)c2)cc1OC. The molecule has 0 atom stereocenters. The summed E-state index contributed by atoms with van der Waals surface area (Å²) in [6.45, 7) is 0. The molecular formula is C18H22N2O6S. The number of methoxy groups -OCH3 is 3. The number of ether oxygens (including phenoxy) is 3. The van der Waals surface area contributed by atoms with E-state index in [2.05, 4.69) is 5.32 Å². The van der Waals surface area contributed by atoms with Crippen LogP contribution in [-0.2, 0) is 10.0 Å². The number of anilines is 1. The second kappa shape index (κ2) is 8.28. The molecule has 0 aliphatic carbocycles. The van der Waals surface area contributed by atoms with Crippen molar-refractivity contribution in [2.75, 3.05) is 40.7 Å². The number of benzene rings is 2. The molecule has 1 amide bonds. The summed E-state index contributed by atoms with van der Waals surface area (Å²) in [5.74, 6) is 0.604. The molecular weight excluding hydrogens is 372 g/mol. The summed E-state index contributed by atoms with van der Waals surface area (Å²) < 4.78 is 41.3. The highest BCUT2D eigenvalue weighted by molar-refractivity contribution is 7.89. The lowest BCUT2D eigenvalue weighted by molar-refractivity contribution is 0.102. The third-order valence-corrected chi connectivity index (χ3v) is 5.63. The van der Waals surface area contributed by atoms with Gasteiger partial charge in [0.2, 0.25) is 10.0 Å². The molecule has 2 aromatic carbocycles. The van der Waals surface area contributed by atoms with Gasteiger partial charge in [0.1, 0.15) is 5.75 Å². The standard InChI is InChI=1S/C18H22N2O6S/c1-20(2)27(22,23)13-8-6-7-12(9-13)19-18(21)14-10-16(25-4)17(26-5)11-15(14)24-3/h6-11H,1-5H3,(H,19,21). The molecule has 0 aliphatic heterocycles. The van der Waals surface area contributed by atoms with Crippen LogP contribution in [0.2, 0.25) is 0 Å². The highest BCUT2D eigenvalue weighted by Gasteiger charge is 2.20. The summed E-state index contributed by atoms with van der Waals surface area (Å²) in [6, 6.07) is 9.04. The van der Waals surface area contributed by atoms with Crippen molar-refractivity contribution in [3.63, 3.8) is 0 Å². The lowest BCUT2D eigenvalue weighted by Crippen LogP contribution is -2.22. The van der Waals surface area contributed by atoms with Crippen LogP contribution >= 0.6 is 0 Å². The number of carbonyl (C=O) groups excluding carboxylic acids is 1. The minimum Gasteiger partial charge on any atom is -0.496 e. The average Bonchev–Trinajstić information content (AvgIpc) is 2.66. The Hall–Kier alpha value is -2.78. The molecule has 2 rings (SSSR count). The van der Waals surface area contributed by atoms with E-state index in [4.69, 9.17) is 14.2 Å². The number of hydrogen-bond acceptors (Lipinski definition) is 6. The molecule has 0 unspecified atom stereocenters. The van der Waals surface area contributed by atoms with Crippen molar-refractivity contribution in [1.29, 1.82) is 0 Å². The Morgan fingerprint density at radius 1 is 0.926 bits per heavy atom. The normalized spacial score (nSPS) is 11.2. The zero-order valence-electron chi connectivity index (χ0n) is 15.8. The molecule has 27 heavy (non-hydrogen) atoms. The average molecular weight is 394 g/mol. The van der Waals surface area contributed by atoms with Crippen LogP contribution in [0.15, 0.2) is 41.3 Å². The summed E-state index contributed by atoms with van der Waals surface area (Å²) >= 11 is 0. The van der Waals surface area contributed by atoms with Crippen molar-refractivity contribution in [2.24, 2.45) is 0 Å². The molecule has 0 saturated heterocycles. The number of amides is 1. The molecule has 0 bridgehead atoms. The molecule has 0 heterocycles.